The van der Waals surface area contributed by atoms with Gasteiger partial charge in [-0.15, -0.1) is 5.10 Å². The van der Waals surface area contributed by atoms with Crippen molar-refractivity contribution >= 4 is 39.4 Å². The molecular formula is C19H16ClFIN3O3. The third-order valence-corrected chi connectivity index (χ3v) is 5.17. The first-order valence-corrected chi connectivity index (χ1v) is 9.87. The van der Waals surface area contributed by atoms with Crippen LogP contribution in [0.1, 0.15) is 28.7 Å². The van der Waals surface area contributed by atoms with Gasteiger partial charge in [0.05, 0.1) is 12.2 Å². The first-order chi connectivity index (χ1) is 13.4. The summed E-state index contributed by atoms with van der Waals surface area (Å²) in [6.07, 6.45) is 0. The molecule has 0 aliphatic carbocycles. The Morgan fingerprint density at radius 2 is 1.96 bits per heavy atom. The molecule has 0 aliphatic rings. The van der Waals surface area contributed by atoms with Gasteiger partial charge in [0.2, 0.25) is 0 Å². The average molecular weight is 516 g/mol. The Balaban J connectivity index is 1.90. The Labute approximate surface area is 179 Å². The molecule has 28 heavy (non-hydrogen) atoms. The summed E-state index contributed by atoms with van der Waals surface area (Å²) in [7, 11) is 0. The summed E-state index contributed by atoms with van der Waals surface area (Å²) in [5.41, 5.74) is 0.500. The molecule has 6 nitrogen and oxygen atoms in total. The molecule has 0 saturated heterocycles. The minimum Gasteiger partial charge on any atom is -0.369 e. The lowest BCUT2D eigenvalue weighted by Gasteiger charge is -2.05. The smallest absolute Gasteiger partial charge is 0.350 e. The van der Waals surface area contributed by atoms with E-state index in [4.69, 9.17) is 16.3 Å². The van der Waals surface area contributed by atoms with Crippen molar-refractivity contribution in [2.75, 3.05) is 0 Å². The van der Waals surface area contributed by atoms with Gasteiger partial charge in [-0.1, -0.05) is 30.3 Å². The molecule has 0 saturated carbocycles. The second-order valence-electron chi connectivity index (χ2n) is 5.89. The van der Waals surface area contributed by atoms with Gasteiger partial charge in [0.1, 0.15) is 18.1 Å². The molecule has 9 heteroatoms. The molecule has 3 aromatic rings. The molecule has 0 unspecified atom stereocenters. The zero-order valence-corrected chi connectivity index (χ0v) is 17.8. The van der Waals surface area contributed by atoms with E-state index in [2.05, 4.69) is 5.10 Å². The van der Waals surface area contributed by atoms with Crippen LogP contribution in [0, 0.1) is 9.39 Å². The lowest BCUT2D eigenvalue weighted by molar-refractivity contribution is 0.0989. The number of halogens is 3. The predicted octanol–water partition coefficient (Wildman–Crippen LogP) is 3.89. The number of aromatic nitrogens is 3. The van der Waals surface area contributed by atoms with Gasteiger partial charge in [0.25, 0.3) is 5.24 Å². The molecular weight excluding hydrogens is 500 g/mol. The second kappa shape index (κ2) is 8.97. The molecule has 0 spiro atoms. The fraction of sp³-hybridized carbons (Fsp3) is 0.211. The Hall–Kier alpha value is -2.04. The van der Waals surface area contributed by atoms with Gasteiger partial charge in [-0.05, 0) is 58.8 Å². The van der Waals surface area contributed by atoms with Gasteiger partial charge in [-0.2, -0.15) is 4.68 Å². The van der Waals surface area contributed by atoms with Crippen LogP contribution in [-0.2, 0) is 24.5 Å². The number of hydrogen-bond acceptors (Lipinski definition) is 4. The van der Waals surface area contributed by atoms with Crippen LogP contribution in [0.25, 0.3) is 5.69 Å². The van der Waals surface area contributed by atoms with Crippen LogP contribution in [0.2, 0.25) is 0 Å². The summed E-state index contributed by atoms with van der Waals surface area (Å²) < 4.78 is 23.0. The van der Waals surface area contributed by atoms with E-state index in [1.54, 1.807) is 6.92 Å². The zero-order valence-electron chi connectivity index (χ0n) is 14.9. The maximum absolute atomic E-state index is 14.5. The Kier molecular flexibility index (Phi) is 6.63. The normalized spacial score (nSPS) is 11.0. The van der Waals surface area contributed by atoms with Crippen LogP contribution < -0.4 is 5.69 Å². The van der Waals surface area contributed by atoms with E-state index in [1.165, 1.54) is 10.6 Å². The van der Waals surface area contributed by atoms with Crippen molar-refractivity contribution in [3.05, 3.63) is 79.3 Å². The molecule has 0 bridgehead atoms. The monoisotopic (exact) mass is 515 g/mol. The number of benzene rings is 2. The maximum Gasteiger partial charge on any atom is 0.350 e. The van der Waals surface area contributed by atoms with E-state index in [0.717, 1.165) is 16.3 Å². The van der Waals surface area contributed by atoms with Crippen molar-refractivity contribution in [3.63, 3.8) is 0 Å². The Morgan fingerprint density at radius 1 is 1.25 bits per heavy atom. The van der Waals surface area contributed by atoms with E-state index >= 15 is 0 Å². The number of hydrogen-bond donors (Lipinski definition) is 0. The minimum atomic E-state index is -0.767. The zero-order chi connectivity index (χ0) is 20.3. The van der Waals surface area contributed by atoms with Crippen LogP contribution in [0.15, 0.2) is 47.3 Å². The van der Waals surface area contributed by atoms with Crippen LogP contribution in [0.3, 0.4) is 0 Å². The average Bonchev–Trinajstić information content (AvgIpc) is 2.99. The largest absolute Gasteiger partial charge is 0.369 e. The summed E-state index contributed by atoms with van der Waals surface area (Å²) in [5, 5.41) is 3.47. The predicted molar refractivity (Wildman–Crippen MR) is 111 cm³/mol. The first-order valence-electron chi connectivity index (χ1n) is 8.42. The molecule has 0 N–H and O–H groups in total. The molecule has 3 rings (SSSR count). The molecule has 1 heterocycles. The lowest BCUT2D eigenvalue weighted by Crippen LogP contribution is -2.24. The van der Waals surface area contributed by atoms with Crippen LogP contribution in [0.5, 0.6) is 0 Å². The summed E-state index contributed by atoms with van der Waals surface area (Å²) in [6.45, 7) is 2.62. The second-order valence-corrected chi connectivity index (χ2v) is 7.40. The number of rotatable bonds is 7. The maximum atomic E-state index is 14.5. The SMILES string of the molecule is CCn1c(COCc2ccccc2)nn(-c2cc(I)c(C(=O)Cl)cc2F)c1=O. The van der Waals surface area contributed by atoms with Gasteiger partial charge in [-0.25, -0.2) is 9.18 Å². The van der Waals surface area contributed by atoms with Crippen molar-refractivity contribution in [1.29, 1.82) is 0 Å². The molecule has 2 aromatic carbocycles. The summed E-state index contributed by atoms with van der Waals surface area (Å²) in [4.78, 5) is 24.0. The van der Waals surface area contributed by atoms with Gasteiger partial charge >= 0.3 is 5.69 Å². The standard InChI is InChI=1S/C19H16ClFIN3O3/c1-2-24-17(11-28-10-12-6-4-3-5-7-12)23-25(19(24)27)16-9-15(22)13(18(20)26)8-14(16)21/h3-9H,2,10-11H2,1H3. The highest BCUT2D eigenvalue weighted by Crippen LogP contribution is 2.21. The van der Waals surface area contributed by atoms with Crippen LogP contribution in [0.4, 0.5) is 4.39 Å². The highest BCUT2D eigenvalue weighted by molar-refractivity contribution is 14.1. The number of ether oxygens (including phenoxy) is 1. The van der Waals surface area contributed by atoms with Gasteiger partial charge in [0, 0.05) is 10.1 Å². The van der Waals surface area contributed by atoms with E-state index < -0.39 is 16.7 Å². The number of carbonyl (C=O) groups excluding carboxylic acids is 1. The Morgan fingerprint density at radius 3 is 2.61 bits per heavy atom. The fourth-order valence-electron chi connectivity index (χ4n) is 2.70. The Bertz CT molecular complexity index is 1070. The van der Waals surface area contributed by atoms with Crippen molar-refractivity contribution in [2.24, 2.45) is 0 Å². The van der Waals surface area contributed by atoms with E-state index in [1.807, 2.05) is 52.9 Å². The summed E-state index contributed by atoms with van der Waals surface area (Å²) >= 11 is 7.32. The van der Waals surface area contributed by atoms with Crippen molar-refractivity contribution < 1.29 is 13.9 Å². The number of nitrogens with zero attached hydrogens (tertiary/aromatic N) is 3. The quantitative estimate of drug-likeness (QED) is 0.354. The van der Waals surface area contributed by atoms with Crippen molar-refractivity contribution in [2.45, 2.75) is 26.7 Å². The van der Waals surface area contributed by atoms with Gasteiger partial charge < -0.3 is 4.74 Å². The summed E-state index contributed by atoms with van der Waals surface area (Å²) in [5.74, 6) is -0.376. The number of carbonyl (C=O) groups is 1. The minimum absolute atomic E-state index is 0.0397. The van der Waals surface area contributed by atoms with E-state index in [-0.39, 0.29) is 17.9 Å². The molecule has 0 aliphatic heterocycles. The third-order valence-electron chi connectivity index (χ3n) is 4.07. The van der Waals surface area contributed by atoms with Crippen molar-refractivity contribution in [3.8, 4) is 5.69 Å². The molecule has 0 fully saturated rings. The summed E-state index contributed by atoms with van der Waals surface area (Å²) in [6, 6.07) is 12.0. The van der Waals surface area contributed by atoms with Gasteiger partial charge in [-0.3, -0.25) is 9.36 Å². The molecule has 0 radical (unpaired) electrons. The topological polar surface area (TPSA) is 66.1 Å². The first kappa shape index (κ1) is 20.7. The molecule has 0 atom stereocenters. The van der Waals surface area contributed by atoms with E-state index in [9.17, 15) is 14.0 Å². The van der Waals surface area contributed by atoms with Crippen LogP contribution in [-0.4, -0.2) is 19.6 Å². The lowest BCUT2D eigenvalue weighted by atomic mass is 10.2. The van der Waals surface area contributed by atoms with Crippen LogP contribution >= 0.6 is 34.2 Å². The van der Waals surface area contributed by atoms with Gasteiger partial charge in [0.15, 0.2) is 5.82 Å². The fourth-order valence-corrected chi connectivity index (χ4v) is 3.71. The highest BCUT2D eigenvalue weighted by Gasteiger charge is 2.19. The molecule has 1 aromatic heterocycles. The highest BCUT2D eigenvalue weighted by atomic mass is 127. The van der Waals surface area contributed by atoms with E-state index in [0.29, 0.717) is 22.5 Å². The molecule has 0 amide bonds. The third kappa shape index (κ3) is 4.34. The van der Waals surface area contributed by atoms with Crippen molar-refractivity contribution in [1.82, 2.24) is 14.3 Å². The molecule has 146 valence electrons.